The molecule has 1 aliphatic rings. The Morgan fingerprint density at radius 3 is 2.77 bits per heavy atom. The van der Waals surface area contributed by atoms with E-state index in [0.717, 1.165) is 17.7 Å². The number of carbonyl (C=O) groups excluding carboxylic acids is 2. The first kappa shape index (κ1) is 18.0. The average molecular weight is 371 g/mol. The fraction of sp³-hybridized carbons (Fsp3) is 0.316. The average Bonchev–Trinajstić information content (AvgIpc) is 3.17. The van der Waals surface area contributed by atoms with E-state index in [9.17, 15) is 14.9 Å². The maximum atomic E-state index is 13.0. The van der Waals surface area contributed by atoms with Gasteiger partial charge in [-0.25, -0.2) is 0 Å². The monoisotopic (exact) mass is 370 g/mol. The van der Waals surface area contributed by atoms with Crippen molar-refractivity contribution in [2.75, 3.05) is 16.5 Å². The number of nitrogens with zero attached hydrogens (tertiary/aromatic N) is 2. The summed E-state index contributed by atoms with van der Waals surface area (Å²) in [5.74, 6) is -0.484. The van der Waals surface area contributed by atoms with Gasteiger partial charge in [0.15, 0.2) is 0 Å². The zero-order valence-corrected chi connectivity index (χ0v) is 15.2. The number of hydrogen-bond donors (Lipinski definition) is 2. The molecular formula is C19H19ClN4O2. The number of amides is 2. The molecule has 6 nitrogen and oxygen atoms in total. The van der Waals surface area contributed by atoms with E-state index < -0.39 is 0 Å². The van der Waals surface area contributed by atoms with Gasteiger partial charge in [0.1, 0.15) is 11.8 Å². The van der Waals surface area contributed by atoms with Crippen LogP contribution in [0, 0.1) is 18.3 Å². The summed E-state index contributed by atoms with van der Waals surface area (Å²) in [6.07, 6.45) is 1.69. The first-order valence-corrected chi connectivity index (χ1v) is 8.98. The zero-order valence-electron chi connectivity index (χ0n) is 14.4. The summed E-state index contributed by atoms with van der Waals surface area (Å²) in [6, 6.07) is 9.60. The van der Waals surface area contributed by atoms with E-state index in [-0.39, 0.29) is 29.8 Å². The summed E-state index contributed by atoms with van der Waals surface area (Å²) in [5, 5.41) is 15.2. The second-order valence-corrected chi connectivity index (χ2v) is 6.55. The first-order chi connectivity index (χ1) is 12.6. The van der Waals surface area contributed by atoms with Crippen LogP contribution in [-0.4, -0.2) is 22.3 Å². The van der Waals surface area contributed by atoms with Crippen molar-refractivity contribution >= 4 is 34.8 Å². The minimum Gasteiger partial charge on any atom is -0.337 e. The van der Waals surface area contributed by atoms with Gasteiger partial charge < -0.3 is 15.2 Å². The number of aromatic nitrogens is 1. The zero-order chi connectivity index (χ0) is 18.7. The third-order valence-electron chi connectivity index (χ3n) is 4.47. The van der Waals surface area contributed by atoms with E-state index in [2.05, 4.69) is 16.7 Å². The van der Waals surface area contributed by atoms with E-state index in [1.165, 1.54) is 0 Å². The molecule has 0 atom stereocenters. The lowest BCUT2D eigenvalue weighted by atomic mass is 10.1. The topological polar surface area (TPSA) is 86.9 Å². The Labute approximate surface area is 156 Å². The molecule has 2 amide bonds. The van der Waals surface area contributed by atoms with Crippen molar-refractivity contribution in [1.82, 2.24) is 4.57 Å². The number of anilines is 2. The van der Waals surface area contributed by atoms with Gasteiger partial charge >= 0.3 is 0 Å². The molecule has 0 bridgehead atoms. The number of fused-ring (bicyclic) bond motifs is 1. The molecule has 0 radical (unpaired) electrons. The second kappa shape index (κ2) is 7.63. The van der Waals surface area contributed by atoms with Crippen molar-refractivity contribution in [2.45, 2.75) is 32.7 Å². The molecule has 7 heteroatoms. The van der Waals surface area contributed by atoms with Crippen LogP contribution < -0.4 is 10.6 Å². The number of nitrogens with one attached hydrogen (secondary N) is 2. The van der Waals surface area contributed by atoms with Gasteiger partial charge in [-0.1, -0.05) is 18.2 Å². The smallest absolute Gasteiger partial charge is 0.274 e. The van der Waals surface area contributed by atoms with Crippen LogP contribution in [0.25, 0.3) is 0 Å². The van der Waals surface area contributed by atoms with Crippen LogP contribution in [0.2, 0.25) is 0 Å². The van der Waals surface area contributed by atoms with Gasteiger partial charge in [-0.2, -0.15) is 5.26 Å². The number of halogens is 1. The molecule has 2 heterocycles. The van der Waals surface area contributed by atoms with Crippen LogP contribution in [0.15, 0.2) is 24.3 Å². The Balaban J connectivity index is 2.02. The Kier molecular flexibility index (Phi) is 5.29. The molecule has 0 unspecified atom stereocenters. The second-order valence-electron chi connectivity index (χ2n) is 6.17. The molecule has 0 fully saturated rings. The molecule has 3 rings (SSSR count). The van der Waals surface area contributed by atoms with Gasteiger partial charge in [-0.3, -0.25) is 9.59 Å². The van der Waals surface area contributed by atoms with Crippen molar-refractivity contribution in [1.29, 1.82) is 5.26 Å². The molecular weight excluding hydrogens is 352 g/mol. The third-order valence-corrected chi connectivity index (χ3v) is 4.66. The molecule has 2 aromatic rings. The number of benzene rings is 1. The standard InChI is InChI=1S/C19H19ClN4O2/c1-12-5-2-3-6-14(12)22-19(26)18-17(23-16(25)8-9-20)13(11-21)15-7-4-10-24(15)18/h2-3,5-6H,4,7-10H2,1H3,(H,22,26)(H,23,25). The molecule has 0 aliphatic carbocycles. The number of hydrogen-bond acceptors (Lipinski definition) is 3. The van der Waals surface area contributed by atoms with E-state index >= 15 is 0 Å². The SMILES string of the molecule is Cc1ccccc1NC(=O)c1c(NC(=O)CCCl)c(C#N)c2n1CCC2. The number of alkyl halides is 1. The fourth-order valence-corrected chi connectivity index (χ4v) is 3.41. The fourth-order valence-electron chi connectivity index (χ4n) is 3.24. The number of carbonyl (C=O) groups is 2. The van der Waals surface area contributed by atoms with Crippen molar-refractivity contribution in [3.8, 4) is 6.07 Å². The van der Waals surface area contributed by atoms with Crippen LogP contribution in [0.1, 0.15) is 40.2 Å². The Morgan fingerprint density at radius 1 is 1.31 bits per heavy atom. The largest absolute Gasteiger partial charge is 0.337 e. The minimum atomic E-state index is -0.342. The van der Waals surface area contributed by atoms with Crippen LogP contribution in [-0.2, 0) is 17.8 Å². The van der Waals surface area contributed by atoms with Gasteiger partial charge in [0.05, 0.1) is 11.3 Å². The van der Waals surface area contributed by atoms with E-state index in [4.69, 9.17) is 11.6 Å². The predicted octanol–water partition coefficient (Wildman–Crippen LogP) is 3.43. The van der Waals surface area contributed by atoms with Gasteiger partial charge in [0.2, 0.25) is 5.91 Å². The van der Waals surface area contributed by atoms with Crippen molar-refractivity contribution in [3.05, 3.63) is 46.8 Å². The Bertz CT molecular complexity index is 911. The van der Waals surface area contributed by atoms with Gasteiger partial charge in [0, 0.05) is 30.2 Å². The van der Waals surface area contributed by atoms with Gasteiger partial charge in [-0.05, 0) is 31.4 Å². The van der Waals surface area contributed by atoms with E-state index in [1.54, 1.807) is 0 Å². The molecule has 1 aromatic carbocycles. The van der Waals surface area contributed by atoms with Gasteiger partial charge in [-0.15, -0.1) is 11.6 Å². The Morgan fingerprint density at radius 2 is 2.08 bits per heavy atom. The highest BCUT2D eigenvalue weighted by molar-refractivity contribution is 6.19. The number of nitriles is 1. The lowest BCUT2D eigenvalue weighted by Gasteiger charge is -2.12. The summed E-state index contributed by atoms with van der Waals surface area (Å²) in [6.45, 7) is 2.55. The molecule has 26 heavy (non-hydrogen) atoms. The van der Waals surface area contributed by atoms with Crippen LogP contribution in [0.4, 0.5) is 11.4 Å². The first-order valence-electron chi connectivity index (χ1n) is 8.45. The summed E-state index contributed by atoms with van der Waals surface area (Å²) in [5.41, 5.74) is 3.39. The normalized spacial score (nSPS) is 12.3. The van der Waals surface area contributed by atoms with Crippen molar-refractivity contribution in [3.63, 3.8) is 0 Å². The maximum Gasteiger partial charge on any atom is 0.274 e. The molecule has 0 spiro atoms. The molecule has 0 saturated heterocycles. The number of rotatable bonds is 5. The van der Waals surface area contributed by atoms with Crippen LogP contribution >= 0.6 is 11.6 Å². The van der Waals surface area contributed by atoms with E-state index in [0.29, 0.717) is 29.9 Å². The van der Waals surface area contributed by atoms with Crippen LogP contribution in [0.5, 0.6) is 0 Å². The van der Waals surface area contributed by atoms with Gasteiger partial charge in [0.25, 0.3) is 5.91 Å². The lowest BCUT2D eigenvalue weighted by molar-refractivity contribution is -0.115. The molecule has 1 aromatic heterocycles. The van der Waals surface area contributed by atoms with E-state index in [1.807, 2.05) is 35.8 Å². The predicted molar refractivity (Wildman–Crippen MR) is 101 cm³/mol. The van der Waals surface area contributed by atoms with Crippen molar-refractivity contribution < 1.29 is 9.59 Å². The highest BCUT2D eigenvalue weighted by Crippen LogP contribution is 2.33. The summed E-state index contributed by atoms with van der Waals surface area (Å²) in [4.78, 5) is 25.0. The highest BCUT2D eigenvalue weighted by atomic mass is 35.5. The lowest BCUT2D eigenvalue weighted by Crippen LogP contribution is -2.21. The summed E-state index contributed by atoms with van der Waals surface area (Å²) in [7, 11) is 0. The maximum absolute atomic E-state index is 13.0. The molecule has 134 valence electrons. The van der Waals surface area contributed by atoms with Crippen LogP contribution in [0.3, 0.4) is 0 Å². The third kappa shape index (κ3) is 3.31. The molecule has 1 aliphatic heterocycles. The summed E-state index contributed by atoms with van der Waals surface area (Å²) < 4.78 is 1.84. The number of para-hydroxylation sites is 1. The molecule has 0 saturated carbocycles. The molecule has 2 N–H and O–H groups in total. The number of aryl methyl sites for hydroxylation is 1. The summed E-state index contributed by atoms with van der Waals surface area (Å²) >= 11 is 5.63. The quantitative estimate of drug-likeness (QED) is 0.790. The highest BCUT2D eigenvalue weighted by Gasteiger charge is 2.30. The Hall–Kier alpha value is -2.78. The van der Waals surface area contributed by atoms with Crippen molar-refractivity contribution in [2.24, 2.45) is 0 Å². The minimum absolute atomic E-state index is 0.117.